The van der Waals surface area contributed by atoms with Crippen LogP contribution in [-0.2, 0) is 9.59 Å². The van der Waals surface area contributed by atoms with Crippen LogP contribution in [0.25, 0.3) is 0 Å². The molecule has 0 fully saturated rings. The monoisotopic (exact) mass is 297 g/mol. The van der Waals surface area contributed by atoms with Crippen molar-refractivity contribution in [3.63, 3.8) is 0 Å². The van der Waals surface area contributed by atoms with Crippen molar-refractivity contribution in [1.82, 2.24) is 5.32 Å². The third-order valence-electron chi connectivity index (χ3n) is 2.54. The van der Waals surface area contributed by atoms with Gasteiger partial charge in [0, 0.05) is 6.54 Å². The van der Waals surface area contributed by atoms with E-state index in [9.17, 15) is 0 Å². The number of aryl methyl sites for hydroxylation is 1. The van der Waals surface area contributed by atoms with Crippen molar-refractivity contribution in [3.05, 3.63) is 29.3 Å². The molecule has 6 nitrogen and oxygen atoms in total. The molecule has 0 aliphatic heterocycles. The second kappa shape index (κ2) is 9.77. The van der Waals surface area contributed by atoms with Gasteiger partial charge in [-0.25, -0.2) is 9.59 Å². The number of carboxylic acids is 2. The van der Waals surface area contributed by atoms with Gasteiger partial charge in [-0.1, -0.05) is 19.9 Å². The minimum Gasteiger partial charge on any atom is -0.492 e. The summed E-state index contributed by atoms with van der Waals surface area (Å²) in [5.41, 5.74) is 2.61. The van der Waals surface area contributed by atoms with Crippen molar-refractivity contribution in [2.75, 3.05) is 20.2 Å². The highest BCUT2D eigenvalue weighted by Gasteiger charge is 2.04. The second-order valence-corrected chi connectivity index (χ2v) is 4.80. The Morgan fingerprint density at radius 3 is 2.19 bits per heavy atom. The number of hydrogen-bond donors (Lipinski definition) is 3. The van der Waals surface area contributed by atoms with Gasteiger partial charge >= 0.3 is 11.9 Å². The smallest absolute Gasteiger partial charge is 0.414 e. The summed E-state index contributed by atoms with van der Waals surface area (Å²) in [6.07, 6.45) is 0. The Labute approximate surface area is 124 Å². The molecule has 118 valence electrons. The van der Waals surface area contributed by atoms with Crippen LogP contribution in [0.5, 0.6) is 5.75 Å². The quantitative estimate of drug-likeness (QED) is 0.567. The van der Waals surface area contributed by atoms with Gasteiger partial charge in [0.25, 0.3) is 0 Å². The zero-order chi connectivity index (χ0) is 16.4. The van der Waals surface area contributed by atoms with Crippen LogP contribution < -0.4 is 10.1 Å². The maximum atomic E-state index is 9.10. The van der Waals surface area contributed by atoms with Gasteiger partial charge < -0.3 is 20.3 Å². The highest BCUT2D eigenvalue weighted by Crippen LogP contribution is 2.22. The Balaban J connectivity index is 0.000000567. The Hall–Kier alpha value is -2.08. The van der Waals surface area contributed by atoms with Crippen LogP contribution in [-0.4, -0.2) is 42.4 Å². The Kier molecular flexibility index (Phi) is 8.80. The average molecular weight is 297 g/mol. The molecular weight excluding hydrogens is 274 g/mol. The summed E-state index contributed by atoms with van der Waals surface area (Å²) in [5, 5.41) is 17.8. The highest BCUT2D eigenvalue weighted by molar-refractivity contribution is 6.27. The maximum Gasteiger partial charge on any atom is 0.414 e. The van der Waals surface area contributed by atoms with E-state index in [4.69, 9.17) is 24.5 Å². The number of benzene rings is 1. The molecule has 0 saturated heterocycles. The highest BCUT2D eigenvalue weighted by atomic mass is 16.5. The number of likely N-dealkylation sites (N-methyl/N-ethyl adjacent to an activating group) is 1. The molecule has 0 bridgehead atoms. The molecule has 0 amide bonds. The summed E-state index contributed by atoms with van der Waals surface area (Å²) in [4.78, 5) is 18.2. The Bertz CT molecular complexity index is 459. The summed E-state index contributed by atoms with van der Waals surface area (Å²) in [7, 11) is 1.93. The van der Waals surface area contributed by atoms with E-state index in [2.05, 4.69) is 44.3 Å². The normalized spacial score (nSPS) is 9.76. The van der Waals surface area contributed by atoms with Crippen molar-refractivity contribution in [1.29, 1.82) is 0 Å². The molecule has 0 aliphatic carbocycles. The van der Waals surface area contributed by atoms with Crippen LogP contribution in [0.15, 0.2) is 18.2 Å². The molecule has 0 heterocycles. The first-order valence-corrected chi connectivity index (χ1v) is 6.63. The molecule has 21 heavy (non-hydrogen) atoms. The Morgan fingerprint density at radius 2 is 1.76 bits per heavy atom. The first kappa shape index (κ1) is 18.9. The molecule has 6 heteroatoms. The fourth-order valence-corrected chi connectivity index (χ4v) is 1.46. The van der Waals surface area contributed by atoms with Crippen LogP contribution in [0, 0.1) is 6.92 Å². The minimum atomic E-state index is -1.82. The van der Waals surface area contributed by atoms with E-state index in [0.29, 0.717) is 5.92 Å². The molecule has 0 aliphatic rings. The van der Waals surface area contributed by atoms with Gasteiger partial charge in [0.2, 0.25) is 0 Å². The van der Waals surface area contributed by atoms with E-state index in [0.717, 1.165) is 18.9 Å². The lowest BCUT2D eigenvalue weighted by atomic mass is 10.0. The topological polar surface area (TPSA) is 95.9 Å². The summed E-state index contributed by atoms with van der Waals surface area (Å²) in [5.74, 6) is -2.12. The number of hydrogen-bond acceptors (Lipinski definition) is 4. The van der Waals surface area contributed by atoms with E-state index in [1.54, 1.807) is 0 Å². The Morgan fingerprint density at radius 1 is 1.19 bits per heavy atom. The molecule has 1 rings (SSSR count). The fourth-order valence-electron chi connectivity index (χ4n) is 1.46. The number of rotatable bonds is 5. The summed E-state index contributed by atoms with van der Waals surface area (Å²) >= 11 is 0. The zero-order valence-electron chi connectivity index (χ0n) is 12.8. The van der Waals surface area contributed by atoms with Crippen molar-refractivity contribution in [2.45, 2.75) is 26.7 Å². The zero-order valence-corrected chi connectivity index (χ0v) is 12.8. The van der Waals surface area contributed by atoms with Gasteiger partial charge in [0.15, 0.2) is 0 Å². The van der Waals surface area contributed by atoms with E-state index in [1.165, 1.54) is 11.1 Å². The van der Waals surface area contributed by atoms with Gasteiger partial charge in [0.05, 0.1) is 0 Å². The number of aliphatic carboxylic acids is 2. The first-order chi connectivity index (χ1) is 9.77. The number of carbonyl (C=O) groups is 2. The average Bonchev–Trinajstić information content (AvgIpc) is 2.39. The molecule has 0 unspecified atom stereocenters. The van der Waals surface area contributed by atoms with Crippen LogP contribution in [0.4, 0.5) is 0 Å². The predicted octanol–water partition coefficient (Wildman–Crippen LogP) is 1.87. The van der Waals surface area contributed by atoms with Gasteiger partial charge in [0.1, 0.15) is 12.4 Å². The summed E-state index contributed by atoms with van der Waals surface area (Å²) in [6, 6.07) is 6.43. The van der Waals surface area contributed by atoms with Crippen molar-refractivity contribution >= 4 is 11.9 Å². The third kappa shape index (κ3) is 8.65. The molecule has 1 aromatic rings. The lowest BCUT2D eigenvalue weighted by Crippen LogP contribution is -2.16. The van der Waals surface area contributed by atoms with Crippen LogP contribution in [0.1, 0.15) is 30.9 Å². The first-order valence-electron chi connectivity index (χ1n) is 6.63. The van der Waals surface area contributed by atoms with Gasteiger partial charge in [-0.3, -0.25) is 0 Å². The molecule has 0 spiro atoms. The van der Waals surface area contributed by atoms with E-state index in [1.807, 2.05) is 7.05 Å². The standard InChI is InChI=1S/C13H21NO.C2H2O4/c1-10(2)12-7-11(3)8-13(9-12)15-6-5-14-4;3-1(4)2(5)6/h7-10,14H,5-6H2,1-4H3;(H,3,4)(H,5,6). The van der Waals surface area contributed by atoms with Crippen LogP contribution >= 0.6 is 0 Å². The van der Waals surface area contributed by atoms with E-state index < -0.39 is 11.9 Å². The lowest BCUT2D eigenvalue weighted by molar-refractivity contribution is -0.159. The lowest BCUT2D eigenvalue weighted by Gasteiger charge is -2.11. The summed E-state index contributed by atoms with van der Waals surface area (Å²) in [6.45, 7) is 8.11. The van der Waals surface area contributed by atoms with Crippen molar-refractivity contribution in [3.8, 4) is 5.75 Å². The van der Waals surface area contributed by atoms with E-state index in [-0.39, 0.29) is 0 Å². The minimum absolute atomic E-state index is 0.552. The summed E-state index contributed by atoms with van der Waals surface area (Å²) < 4.78 is 5.66. The second-order valence-electron chi connectivity index (χ2n) is 4.80. The van der Waals surface area contributed by atoms with Gasteiger partial charge in [-0.05, 0) is 43.1 Å². The predicted molar refractivity (Wildman–Crippen MR) is 80.0 cm³/mol. The van der Waals surface area contributed by atoms with Crippen molar-refractivity contribution < 1.29 is 24.5 Å². The molecule has 0 saturated carbocycles. The number of nitrogens with one attached hydrogen (secondary N) is 1. The van der Waals surface area contributed by atoms with Crippen LogP contribution in [0.3, 0.4) is 0 Å². The van der Waals surface area contributed by atoms with Crippen LogP contribution in [0.2, 0.25) is 0 Å². The molecule has 0 atom stereocenters. The maximum absolute atomic E-state index is 9.10. The fraction of sp³-hybridized carbons (Fsp3) is 0.467. The molecule has 0 radical (unpaired) electrons. The van der Waals surface area contributed by atoms with Crippen molar-refractivity contribution in [2.24, 2.45) is 0 Å². The molecule has 1 aromatic carbocycles. The SMILES string of the molecule is CNCCOc1cc(C)cc(C(C)C)c1.O=C(O)C(=O)O. The molecular formula is C15H23NO5. The molecule has 0 aromatic heterocycles. The molecule has 3 N–H and O–H groups in total. The van der Waals surface area contributed by atoms with Gasteiger partial charge in [-0.15, -0.1) is 0 Å². The number of ether oxygens (including phenoxy) is 1. The number of carboxylic acid groups (broad SMARTS) is 2. The third-order valence-corrected chi connectivity index (χ3v) is 2.54. The largest absolute Gasteiger partial charge is 0.492 e. The van der Waals surface area contributed by atoms with E-state index >= 15 is 0 Å². The van der Waals surface area contributed by atoms with Gasteiger partial charge in [-0.2, -0.15) is 0 Å².